The number of hydrogen-bond acceptors (Lipinski definition) is 3. The molecule has 0 spiro atoms. The average molecular weight is 219 g/mol. The van der Waals surface area contributed by atoms with E-state index in [0.717, 1.165) is 18.1 Å². The summed E-state index contributed by atoms with van der Waals surface area (Å²) in [6.45, 7) is 5.30. The number of aromatic nitrogens is 2. The molecule has 0 saturated heterocycles. The van der Waals surface area contributed by atoms with E-state index >= 15 is 0 Å². The van der Waals surface area contributed by atoms with Gasteiger partial charge in [0, 0.05) is 6.54 Å². The maximum absolute atomic E-state index is 4.14. The fourth-order valence-electron chi connectivity index (χ4n) is 2.55. The Morgan fingerprint density at radius 1 is 1.25 bits per heavy atom. The average Bonchev–Trinajstić information content (AvgIpc) is 2.78. The van der Waals surface area contributed by atoms with Crippen molar-refractivity contribution in [2.45, 2.75) is 46.0 Å². The van der Waals surface area contributed by atoms with Gasteiger partial charge in [-0.2, -0.15) is 5.10 Å². The van der Waals surface area contributed by atoms with Crippen molar-refractivity contribution in [1.82, 2.24) is 10.2 Å². The number of rotatable bonds is 4. The molecular weight excluding hydrogens is 198 g/mol. The first-order chi connectivity index (χ1) is 7.74. The van der Waals surface area contributed by atoms with Crippen molar-refractivity contribution < 1.29 is 0 Å². The van der Waals surface area contributed by atoms with Crippen LogP contribution in [0.3, 0.4) is 0 Å². The van der Waals surface area contributed by atoms with Crippen LogP contribution in [0, 0.1) is 12.3 Å². The zero-order valence-electron chi connectivity index (χ0n) is 10.3. The van der Waals surface area contributed by atoms with E-state index in [1.807, 2.05) is 19.1 Å². The van der Waals surface area contributed by atoms with Crippen LogP contribution in [0.2, 0.25) is 0 Å². The molecule has 88 valence electrons. The van der Waals surface area contributed by atoms with Crippen LogP contribution in [-0.4, -0.2) is 16.7 Å². The van der Waals surface area contributed by atoms with Gasteiger partial charge < -0.3 is 5.32 Å². The second-order valence-corrected chi connectivity index (χ2v) is 4.97. The largest absolute Gasteiger partial charge is 0.368 e. The molecule has 0 bridgehead atoms. The van der Waals surface area contributed by atoms with Gasteiger partial charge in [0.05, 0.1) is 5.69 Å². The molecule has 1 aromatic heterocycles. The molecule has 1 aliphatic rings. The summed E-state index contributed by atoms with van der Waals surface area (Å²) in [6.07, 6.45) is 6.75. The second kappa shape index (κ2) is 4.81. The lowest BCUT2D eigenvalue weighted by Crippen LogP contribution is -2.26. The summed E-state index contributed by atoms with van der Waals surface area (Å²) in [6, 6.07) is 4.02. The van der Waals surface area contributed by atoms with Crippen molar-refractivity contribution in [3.05, 3.63) is 17.8 Å². The monoisotopic (exact) mass is 219 g/mol. The summed E-state index contributed by atoms with van der Waals surface area (Å²) in [5.41, 5.74) is 1.48. The minimum absolute atomic E-state index is 0.507. The van der Waals surface area contributed by atoms with E-state index in [4.69, 9.17) is 0 Å². The molecule has 0 radical (unpaired) electrons. The quantitative estimate of drug-likeness (QED) is 0.845. The summed E-state index contributed by atoms with van der Waals surface area (Å²) < 4.78 is 0. The van der Waals surface area contributed by atoms with Crippen LogP contribution in [0.4, 0.5) is 5.82 Å². The molecule has 0 aromatic carbocycles. The lowest BCUT2D eigenvalue weighted by atomic mass is 9.83. The first-order valence-corrected chi connectivity index (χ1v) is 6.28. The highest BCUT2D eigenvalue weighted by Gasteiger charge is 2.31. The Balaban J connectivity index is 1.93. The molecule has 0 aliphatic heterocycles. The molecule has 1 fully saturated rings. The van der Waals surface area contributed by atoms with Crippen LogP contribution < -0.4 is 5.32 Å². The Morgan fingerprint density at radius 3 is 2.56 bits per heavy atom. The SMILES string of the molecule is CCC1(CNc2ccc(C)nn2)CCCC1. The normalized spacial score (nSPS) is 18.6. The van der Waals surface area contributed by atoms with E-state index in [0.29, 0.717) is 5.41 Å². The van der Waals surface area contributed by atoms with Crippen LogP contribution in [0.5, 0.6) is 0 Å². The summed E-state index contributed by atoms with van der Waals surface area (Å²) in [4.78, 5) is 0. The van der Waals surface area contributed by atoms with Crippen molar-refractivity contribution in [3.8, 4) is 0 Å². The number of aryl methyl sites for hydroxylation is 1. The predicted molar refractivity (Wildman–Crippen MR) is 66.5 cm³/mol. The smallest absolute Gasteiger partial charge is 0.148 e. The molecule has 3 heteroatoms. The lowest BCUT2D eigenvalue weighted by Gasteiger charge is -2.27. The first kappa shape index (κ1) is 11.4. The molecule has 1 aliphatic carbocycles. The number of hydrogen-bond donors (Lipinski definition) is 1. The number of nitrogens with one attached hydrogen (secondary N) is 1. The summed E-state index contributed by atoms with van der Waals surface area (Å²) >= 11 is 0. The van der Waals surface area contributed by atoms with Gasteiger partial charge in [-0.3, -0.25) is 0 Å². The van der Waals surface area contributed by atoms with Gasteiger partial charge in [-0.15, -0.1) is 5.10 Å². The third kappa shape index (κ3) is 2.52. The van der Waals surface area contributed by atoms with Gasteiger partial charge in [0.2, 0.25) is 0 Å². The minimum Gasteiger partial charge on any atom is -0.368 e. The number of anilines is 1. The molecule has 0 amide bonds. The summed E-state index contributed by atoms with van der Waals surface area (Å²) in [5, 5.41) is 11.6. The summed E-state index contributed by atoms with van der Waals surface area (Å²) in [5.74, 6) is 0.908. The molecule has 3 nitrogen and oxygen atoms in total. The highest BCUT2D eigenvalue weighted by atomic mass is 15.2. The third-order valence-electron chi connectivity index (χ3n) is 3.86. The van der Waals surface area contributed by atoms with Gasteiger partial charge in [-0.1, -0.05) is 19.8 Å². The molecule has 0 atom stereocenters. The van der Waals surface area contributed by atoms with E-state index in [2.05, 4.69) is 22.4 Å². The van der Waals surface area contributed by atoms with E-state index in [1.165, 1.54) is 32.1 Å². The minimum atomic E-state index is 0.507. The van der Waals surface area contributed by atoms with Gasteiger partial charge in [-0.05, 0) is 43.7 Å². The third-order valence-corrected chi connectivity index (χ3v) is 3.86. The van der Waals surface area contributed by atoms with Crippen LogP contribution in [0.15, 0.2) is 12.1 Å². The van der Waals surface area contributed by atoms with Gasteiger partial charge in [0.1, 0.15) is 5.82 Å². The molecule has 2 rings (SSSR count). The van der Waals surface area contributed by atoms with E-state index in [1.54, 1.807) is 0 Å². The maximum atomic E-state index is 4.14. The lowest BCUT2D eigenvalue weighted by molar-refractivity contribution is 0.306. The molecule has 1 aromatic rings. The van der Waals surface area contributed by atoms with Gasteiger partial charge in [0.15, 0.2) is 0 Å². The van der Waals surface area contributed by atoms with Crippen LogP contribution in [0.1, 0.15) is 44.7 Å². The van der Waals surface area contributed by atoms with Gasteiger partial charge in [-0.25, -0.2) is 0 Å². The van der Waals surface area contributed by atoms with Crippen molar-refractivity contribution in [2.24, 2.45) is 5.41 Å². The highest BCUT2D eigenvalue weighted by molar-refractivity contribution is 5.33. The Kier molecular flexibility index (Phi) is 3.42. The van der Waals surface area contributed by atoms with Crippen molar-refractivity contribution >= 4 is 5.82 Å². The number of nitrogens with zero attached hydrogens (tertiary/aromatic N) is 2. The topological polar surface area (TPSA) is 37.8 Å². The first-order valence-electron chi connectivity index (χ1n) is 6.28. The van der Waals surface area contributed by atoms with Crippen molar-refractivity contribution in [2.75, 3.05) is 11.9 Å². The van der Waals surface area contributed by atoms with E-state index in [-0.39, 0.29) is 0 Å². The van der Waals surface area contributed by atoms with Crippen LogP contribution in [-0.2, 0) is 0 Å². The van der Waals surface area contributed by atoms with E-state index in [9.17, 15) is 0 Å². The predicted octanol–water partition coefficient (Wildman–Crippen LogP) is 3.17. The molecule has 1 heterocycles. The Hall–Kier alpha value is -1.12. The zero-order valence-corrected chi connectivity index (χ0v) is 10.3. The molecule has 0 unspecified atom stereocenters. The Morgan fingerprint density at radius 2 is 2.00 bits per heavy atom. The van der Waals surface area contributed by atoms with Crippen LogP contribution >= 0.6 is 0 Å². The Labute approximate surface area is 97.7 Å². The zero-order chi connectivity index (χ0) is 11.4. The van der Waals surface area contributed by atoms with Crippen molar-refractivity contribution in [1.29, 1.82) is 0 Å². The van der Waals surface area contributed by atoms with E-state index < -0.39 is 0 Å². The van der Waals surface area contributed by atoms with Crippen LogP contribution in [0.25, 0.3) is 0 Å². The molecule has 16 heavy (non-hydrogen) atoms. The Bertz CT molecular complexity index is 326. The van der Waals surface area contributed by atoms with Gasteiger partial charge >= 0.3 is 0 Å². The fourth-order valence-corrected chi connectivity index (χ4v) is 2.55. The molecular formula is C13H21N3. The van der Waals surface area contributed by atoms with Gasteiger partial charge in [0.25, 0.3) is 0 Å². The molecule has 1 N–H and O–H groups in total. The summed E-state index contributed by atoms with van der Waals surface area (Å²) in [7, 11) is 0. The fraction of sp³-hybridized carbons (Fsp3) is 0.692. The maximum Gasteiger partial charge on any atom is 0.148 e. The van der Waals surface area contributed by atoms with Crippen molar-refractivity contribution in [3.63, 3.8) is 0 Å². The molecule has 1 saturated carbocycles. The second-order valence-electron chi connectivity index (χ2n) is 4.97. The standard InChI is InChI=1S/C13H21N3/c1-3-13(8-4-5-9-13)10-14-12-7-6-11(2)15-16-12/h6-7H,3-5,8-10H2,1-2H3,(H,14,16). The highest BCUT2D eigenvalue weighted by Crippen LogP contribution is 2.40.